The second-order valence-corrected chi connectivity index (χ2v) is 4.12. The number of nitrogens with two attached hydrogens (primary N) is 1. The summed E-state index contributed by atoms with van der Waals surface area (Å²) in [6.45, 7) is 1.75. The number of hydrogen-bond donors (Lipinski definition) is 1. The van der Waals surface area contributed by atoms with Crippen molar-refractivity contribution in [3.05, 3.63) is 29.8 Å². The van der Waals surface area contributed by atoms with Crippen LogP contribution in [0.5, 0.6) is 5.75 Å². The minimum atomic E-state index is -4.64. The number of hydrogen-bond acceptors (Lipinski definition) is 4. The van der Waals surface area contributed by atoms with Crippen LogP contribution in [-0.2, 0) is 9.53 Å². The summed E-state index contributed by atoms with van der Waals surface area (Å²) in [6.07, 6.45) is -8.90. The molecular weight excluding hydrogens is 294 g/mol. The molecule has 0 unspecified atom stereocenters. The Labute approximate surface area is 118 Å². The average Bonchev–Trinajstić information content (AvgIpc) is 2.38. The van der Waals surface area contributed by atoms with Crippen LogP contribution >= 0.6 is 0 Å². The first kappa shape index (κ1) is 17.2. The molecule has 0 radical (unpaired) electrons. The third-order valence-corrected chi connectivity index (χ3v) is 2.51. The van der Waals surface area contributed by atoms with E-state index >= 15 is 0 Å². The van der Waals surface area contributed by atoms with Crippen molar-refractivity contribution in [3.63, 3.8) is 0 Å². The highest BCUT2D eigenvalue weighted by atomic mass is 19.3. The number of benzene rings is 1. The van der Waals surface area contributed by atoms with E-state index in [-0.39, 0.29) is 18.6 Å². The van der Waals surface area contributed by atoms with Crippen LogP contribution in [0.2, 0.25) is 0 Å². The highest BCUT2D eigenvalue weighted by Gasteiger charge is 2.44. The maximum Gasteiger partial charge on any atom is 0.461 e. The van der Waals surface area contributed by atoms with Crippen molar-refractivity contribution in [1.29, 1.82) is 0 Å². The van der Waals surface area contributed by atoms with Gasteiger partial charge in [0, 0.05) is 11.6 Å². The third kappa shape index (κ3) is 4.89. The number of halogens is 4. The van der Waals surface area contributed by atoms with Crippen LogP contribution in [0.1, 0.15) is 24.9 Å². The Balaban J connectivity index is 2.91. The summed E-state index contributed by atoms with van der Waals surface area (Å²) < 4.78 is 59.0. The molecule has 0 spiro atoms. The summed E-state index contributed by atoms with van der Waals surface area (Å²) in [5, 5.41) is 0. The van der Waals surface area contributed by atoms with Crippen molar-refractivity contribution >= 4 is 5.97 Å². The molecule has 118 valence electrons. The van der Waals surface area contributed by atoms with Crippen LogP contribution in [0.25, 0.3) is 0 Å². The van der Waals surface area contributed by atoms with Gasteiger partial charge in [-0.2, -0.15) is 17.6 Å². The second-order valence-electron chi connectivity index (χ2n) is 4.12. The Bertz CT molecular complexity index is 482. The number of rotatable bonds is 7. The Morgan fingerprint density at radius 1 is 1.33 bits per heavy atom. The number of para-hydroxylation sites is 1. The van der Waals surface area contributed by atoms with E-state index in [1.54, 1.807) is 6.92 Å². The summed E-state index contributed by atoms with van der Waals surface area (Å²) in [7, 11) is 0. The standard InChI is InChI=1S/C13H15F4NO3/c1-2-20-11(19)7-9(18)8-5-3-4-6-10(8)21-13(16,17)12(14)15/h3-6,9,12H,2,7,18H2,1H3/t9-/m0/s1. The van der Waals surface area contributed by atoms with Gasteiger partial charge < -0.3 is 15.2 Å². The molecule has 0 fully saturated rings. The molecule has 0 bridgehead atoms. The molecule has 1 atom stereocenters. The van der Waals surface area contributed by atoms with Crippen LogP contribution in [0.3, 0.4) is 0 Å². The van der Waals surface area contributed by atoms with Crippen LogP contribution in [-0.4, -0.2) is 25.1 Å². The molecular formula is C13H15F4NO3. The fourth-order valence-corrected chi connectivity index (χ4v) is 1.58. The van der Waals surface area contributed by atoms with Gasteiger partial charge in [-0.1, -0.05) is 18.2 Å². The quantitative estimate of drug-likeness (QED) is 0.621. The lowest BCUT2D eigenvalue weighted by molar-refractivity contribution is -0.253. The number of carbonyl (C=O) groups is 1. The van der Waals surface area contributed by atoms with Gasteiger partial charge >= 0.3 is 18.5 Å². The SMILES string of the molecule is CCOC(=O)C[C@H](N)c1ccccc1OC(F)(F)C(F)F. The molecule has 0 aromatic heterocycles. The highest BCUT2D eigenvalue weighted by molar-refractivity contribution is 5.70. The van der Waals surface area contributed by atoms with Crippen LogP contribution in [0, 0.1) is 0 Å². The van der Waals surface area contributed by atoms with Gasteiger partial charge in [0.25, 0.3) is 0 Å². The summed E-state index contributed by atoms with van der Waals surface area (Å²) in [5.74, 6) is -1.12. The molecule has 1 aromatic carbocycles. The van der Waals surface area contributed by atoms with E-state index in [0.29, 0.717) is 0 Å². The molecule has 0 saturated carbocycles. The van der Waals surface area contributed by atoms with Crippen molar-refractivity contribution < 1.29 is 31.8 Å². The van der Waals surface area contributed by atoms with E-state index in [2.05, 4.69) is 9.47 Å². The molecule has 8 heteroatoms. The Hall–Kier alpha value is -1.83. The number of carbonyl (C=O) groups excluding carboxylic acids is 1. The number of alkyl halides is 4. The van der Waals surface area contributed by atoms with E-state index < -0.39 is 30.3 Å². The van der Waals surface area contributed by atoms with Gasteiger partial charge in [0.1, 0.15) is 5.75 Å². The van der Waals surface area contributed by atoms with Crippen molar-refractivity contribution in [1.82, 2.24) is 0 Å². The van der Waals surface area contributed by atoms with Gasteiger partial charge in [0.15, 0.2) is 0 Å². The first-order chi connectivity index (χ1) is 9.77. The predicted molar refractivity (Wildman–Crippen MR) is 66.2 cm³/mol. The molecule has 0 amide bonds. The lowest BCUT2D eigenvalue weighted by Crippen LogP contribution is -2.34. The monoisotopic (exact) mass is 309 g/mol. The zero-order chi connectivity index (χ0) is 16.0. The van der Waals surface area contributed by atoms with E-state index in [0.717, 1.165) is 6.07 Å². The predicted octanol–water partition coefficient (Wildman–Crippen LogP) is 2.88. The normalized spacial score (nSPS) is 13.1. The highest BCUT2D eigenvalue weighted by Crippen LogP contribution is 2.32. The molecule has 4 nitrogen and oxygen atoms in total. The Kier molecular flexibility index (Phi) is 5.95. The summed E-state index contributed by atoms with van der Waals surface area (Å²) >= 11 is 0. The maximum atomic E-state index is 13.0. The van der Waals surface area contributed by atoms with Crippen LogP contribution in [0.15, 0.2) is 24.3 Å². The molecule has 1 aromatic rings. The number of ether oxygens (including phenoxy) is 2. The molecule has 0 aliphatic heterocycles. The molecule has 0 saturated heterocycles. The molecule has 0 aliphatic rings. The van der Waals surface area contributed by atoms with Crippen molar-refractivity contribution in [2.75, 3.05) is 6.61 Å². The molecule has 0 aliphatic carbocycles. The van der Waals surface area contributed by atoms with Crippen LogP contribution < -0.4 is 10.5 Å². The van der Waals surface area contributed by atoms with Gasteiger partial charge in [0.2, 0.25) is 0 Å². The summed E-state index contributed by atoms with van der Waals surface area (Å²) in [4.78, 5) is 11.3. The Morgan fingerprint density at radius 2 is 1.95 bits per heavy atom. The van der Waals surface area contributed by atoms with Crippen molar-refractivity contribution in [2.24, 2.45) is 5.73 Å². The topological polar surface area (TPSA) is 61.5 Å². The van der Waals surface area contributed by atoms with Gasteiger partial charge in [-0.3, -0.25) is 4.79 Å². The fourth-order valence-electron chi connectivity index (χ4n) is 1.58. The van der Waals surface area contributed by atoms with E-state index in [4.69, 9.17) is 5.73 Å². The van der Waals surface area contributed by atoms with Gasteiger partial charge in [-0.15, -0.1) is 0 Å². The minimum Gasteiger partial charge on any atom is -0.466 e. The summed E-state index contributed by atoms with van der Waals surface area (Å²) in [6, 6.07) is 4.19. The zero-order valence-electron chi connectivity index (χ0n) is 11.2. The minimum absolute atomic E-state index is 0.0193. The smallest absolute Gasteiger partial charge is 0.461 e. The molecule has 0 heterocycles. The lowest BCUT2D eigenvalue weighted by atomic mass is 10.0. The zero-order valence-corrected chi connectivity index (χ0v) is 11.2. The largest absolute Gasteiger partial charge is 0.466 e. The Morgan fingerprint density at radius 3 is 2.52 bits per heavy atom. The average molecular weight is 309 g/mol. The maximum absolute atomic E-state index is 13.0. The van der Waals surface area contributed by atoms with Crippen molar-refractivity contribution in [2.45, 2.75) is 31.9 Å². The first-order valence-corrected chi connectivity index (χ1v) is 6.13. The van der Waals surface area contributed by atoms with Crippen molar-refractivity contribution in [3.8, 4) is 5.75 Å². The second kappa shape index (κ2) is 7.26. The number of esters is 1. The van der Waals surface area contributed by atoms with Crippen LogP contribution in [0.4, 0.5) is 17.6 Å². The van der Waals surface area contributed by atoms with Gasteiger partial charge in [-0.05, 0) is 13.0 Å². The molecule has 1 rings (SSSR count). The molecule has 2 N–H and O–H groups in total. The van der Waals surface area contributed by atoms with E-state index in [1.807, 2.05) is 0 Å². The lowest BCUT2D eigenvalue weighted by Gasteiger charge is -2.21. The van der Waals surface area contributed by atoms with Gasteiger partial charge in [0.05, 0.1) is 13.0 Å². The summed E-state index contributed by atoms with van der Waals surface area (Å²) in [5.41, 5.74) is 5.73. The van der Waals surface area contributed by atoms with E-state index in [1.165, 1.54) is 18.2 Å². The fraction of sp³-hybridized carbons (Fsp3) is 0.462. The van der Waals surface area contributed by atoms with E-state index in [9.17, 15) is 22.4 Å². The van der Waals surface area contributed by atoms with Gasteiger partial charge in [-0.25, -0.2) is 0 Å². The first-order valence-electron chi connectivity index (χ1n) is 6.13. The third-order valence-electron chi connectivity index (χ3n) is 2.51. The molecule has 21 heavy (non-hydrogen) atoms.